The van der Waals surface area contributed by atoms with E-state index in [1.165, 1.54) is 25.3 Å². The van der Waals surface area contributed by atoms with Gasteiger partial charge in [-0.05, 0) is 49.9 Å². The average molecular weight is 342 g/mol. The standard InChI is InChI=1S/C17H24F2N2O3/c1-11(12-5-7-20-8-6-12)9-16(22)21-14-10-13(23-2)3-4-15(14)24-17(18)19/h3-4,10-12,17,20H,5-9H2,1-2H3,(H,21,22)/t11-/m1/s1. The highest BCUT2D eigenvalue weighted by Gasteiger charge is 2.22. The fourth-order valence-electron chi connectivity index (χ4n) is 3.01. The molecule has 5 nitrogen and oxygen atoms in total. The third-order valence-electron chi connectivity index (χ3n) is 4.37. The molecule has 134 valence electrons. The number of hydrogen-bond acceptors (Lipinski definition) is 4. The maximum absolute atomic E-state index is 12.5. The molecule has 1 aromatic rings. The van der Waals surface area contributed by atoms with Gasteiger partial charge in [-0.2, -0.15) is 8.78 Å². The van der Waals surface area contributed by atoms with Gasteiger partial charge in [0.2, 0.25) is 5.91 Å². The molecule has 0 spiro atoms. The van der Waals surface area contributed by atoms with Gasteiger partial charge in [0.1, 0.15) is 11.5 Å². The van der Waals surface area contributed by atoms with Crippen LogP contribution in [0, 0.1) is 11.8 Å². The van der Waals surface area contributed by atoms with Gasteiger partial charge in [-0.25, -0.2) is 0 Å². The van der Waals surface area contributed by atoms with Crippen molar-refractivity contribution in [1.29, 1.82) is 0 Å². The zero-order valence-corrected chi connectivity index (χ0v) is 14.0. The molecule has 0 aromatic heterocycles. The highest BCUT2D eigenvalue weighted by atomic mass is 19.3. The Balaban J connectivity index is 2.01. The number of benzene rings is 1. The number of rotatable bonds is 7. The van der Waals surface area contributed by atoms with Crippen LogP contribution in [-0.2, 0) is 4.79 Å². The number of nitrogens with one attached hydrogen (secondary N) is 2. The average Bonchev–Trinajstić information content (AvgIpc) is 2.56. The number of alkyl halides is 2. The van der Waals surface area contributed by atoms with Crippen molar-refractivity contribution in [3.05, 3.63) is 18.2 Å². The molecule has 1 aliphatic heterocycles. The predicted molar refractivity (Wildman–Crippen MR) is 87.6 cm³/mol. The summed E-state index contributed by atoms with van der Waals surface area (Å²) in [5.41, 5.74) is 0.192. The van der Waals surface area contributed by atoms with Crippen molar-refractivity contribution in [1.82, 2.24) is 5.32 Å². The Bertz CT molecular complexity index is 549. The van der Waals surface area contributed by atoms with Crippen molar-refractivity contribution in [2.24, 2.45) is 11.8 Å². The van der Waals surface area contributed by atoms with E-state index in [-0.39, 0.29) is 23.3 Å². The molecule has 0 aliphatic carbocycles. The van der Waals surface area contributed by atoms with Crippen LogP contribution in [0.2, 0.25) is 0 Å². The Morgan fingerprint density at radius 2 is 2.08 bits per heavy atom. The monoisotopic (exact) mass is 342 g/mol. The van der Waals surface area contributed by atoms with Crippen LogP contribution in [-0.4, -0.2) is 32.7 Å². The molecule has 0 bridgehead atoms. The van der Waals surface area contributed by atoms with Gasteiger partial charge >= 0.3 is 6.61 Å². The second kappa shape index (κ2) is 8.82. The summed E-state index contributed by atoms with van der Waals surface area (Å²) >= 11 is 0. The molecule has 0 radical (unpaired) electrons. The van der Waals surface area contributed by atoms with E-state index in [0.29, 0.717) is 18.1 Å². The SMILES string of the molecule is COc1ccc(OC(F)F)c(NC(=O)C[C@@H](C)C2CCNCC2)c1. The summed E-state index contributed by atoms with van der Waals surface area (Å²) in [5.74, 6) is 0.900. The largest absolute Gasteiger partial charge is 0.497 e. The van der Waals surface area contributed by atoms with E-state index in [2.05, 4.69) is 22.3 Å². The molecular weight excluding hydrogens is 318 g/mol. The van der Waals surface area contributed by atoms with E-state index >= 15 is 0 Å². The quantitative estimate of drug-likeness (QED) is 0.798. The minimum absolute atomic E-state index is 0.0753. The number of hydrogen-bond donors (Lipinski definition) is 2. The maximum atomic E-state index is 12.5. The summed E-state index contributed by atoms with van der Waals surface area (Å²) in [6.07, 6.45) is 2.44. The van der Waals surface area contributed by atoms with Gasteiger partial charge in [0.25, 0.3) is 0 Å². The molecule has 1 aromatic carbocycles. The Kier molecular flexibility index (Phi) is 6.78. The summed E-state index contributed by atoms with van der Waals surface area (Å²) in [4.78, 5) is 12.3. The molecule has 24 heavy (non-hydrogen) atoms. The lowest BCUT2D eigenvalue weighted by molar-refractivity contribution is -0.117. The van der Waals surface area contributed by atoms with Crippen LogP contribution in [0.15, 0.2) is 18.2 Å². The van der Waals surface area contributed by atoms with Crippen LogP contribution < -0.4 is 20.1 Å². The lowest BCUT2D eigenvalue weighted by atomic mass is 9.84. The number of ether oxygens (including phenoxy) is 2. The number of piperidine rings is 1. The van der Waals surface area contributed by atoms with Gasteiger partial charge in [-0.1, -0.05) is 6.92 Å². The Hall–Kier alpha value is -1.89. The third kappa shape index (κ3) is 5.33. The van der Waals surface area contributed by atoms with Crippen molar-refractivity contribution < 1.29 is 23.0 Å². The van der Waals surface area contributed by atoms with Crippen LogP contribution in [0.3, 0.4) is 0 Å². The summed E-state index contributed by atoms with van der Waals surface area (Å²) < 4.78 is 34.5. The molecule has 1 fully saturated rings. The molecule has 2 N–H and O–H groups in total. The lowest BCUT2D eigenvalue weighted by Crippen LogP contribution is -2.32. The first-order chi connectivity index (χ1) is 11.5. The van der Waals surface area contributed by atoms with Gasteiger partial charge in [0, 0.05) is 12.5 Å². The summed E-state index contributed by atoms with van der Waals surface area (Å²) in [7, 11) is 1.47. The van der Waals surface area contributed by atoms with Crippen LogP contribution in [0.5, 0.6) is 11.5 Å². The Labute approximate surface area is 140 Å². The van der Waals surface area contributed by atoms with E-state index in [1.54, 1.807) is 0 Å². The molecule has 0 saturated carbocycles. The number of carbonyl (C=O) groups excluding carboxylic acids is 1. The van der Waals surface area contributed by atoms with Crippen LogP contribution >= 0.6 is 0 Å². The fourth-order valence-corrected chi connectivity index (χ4v) is 3.01. The van der Waals surface area contributed by atoms with Gasteiger partial charge in [-0.15, -0.1) is 0 Å². The van der Waals surface area contributed by atoms with Gasteiger partial charge < -0.3 is 20.1 Å². The van der Waals surface area contributed by atoms with E-state index in [9.17, 15) is 13.6 Å². The smallest absolute Gasteiger partial charge is 0.387 e. The molecule has 1 atom stereocenters. The van der Waals surface area contributed by atoms with Gasteiger partial charge in [0.05, 0.1) is 12.8 Å². The Morgan fingerprint density at radius 1 is 1.38 bits per heavy atom. The van der Waals surface area contributed by atoms with Crippen LogP contribution in [0.1, 0.15) is 26.2 Å². The predicted octanol–water partition coefficient (Wildman–Crippen LogP) is 3.26. The molecule has 0 unspecified atom stereocenters. The maximum Gasteiger partial charge on any atom is 0.387 e. The first-order valence-electron chi connectivity index (χ1n) is 8.13. The third-order valence-corrected chi connectivity index (χ3v) is 4.37. The molecule has 1 saturated heterocycles. The number of anilines is 1. The fraction of sp³-hybridized carbons (Fsp3) is 0.588. The lowest BCUT2D eigenvalue weighted by Gasteiger charge is -2.28. The number of amides is 1. The van der Waals surface area contributed by atoms with Crippen molar-refractivity contribution in [3.63, 3.8) is 0 Å². The molecule has 1 heterocycles. The van der Waals surface area contributed by atoms with Crippen molar-refractivity contribution in [3.8, 4) is 11.5 Å². The van der Waals surface area contributed by atoms with Gasteiger partial charge in [0.15, 0.2) is 0 Å². The summed E-state index contributed by atoms with van der Waals surface area (Å²) in [6, 6.07) is 4.34. The molecular formula is C17H24F2N2O3. The van der Waals surface area contributed by atoms with Crippen LogP contribution in [0.4, 0.5) is 14.5 Å². The number of halogens is 2. The zero-order valence-electron chi connectivity index (χ0n) is 14.0. The van der Waals surface area contributed by atoms with Crippen LogP contribution in [0.25, 0.3) is 0 Å². The Morgan fingerprint density at radius 3 is 2.71 bits per heavy atom. The highest BCUT2D eigenvalue weighted by Crippen LogP contribution is 2.31. The minimum atomic E-state index is -2.96. The highest BCUT2D eigenvalue weighted by molar-refractivity contribution is 5.92. The van der Waals surface area contributed by atoms with Crippen molar-refractivity contribution in [2.75, 3.05) is 25.5 Å². The number of carbonyl (C=O) groups is 1. The second-order valence-electron chi connectivity index (χ2n) is 6.06. The van der Waals surface area contributed by atoms with E-state index < -0.39 is 6.61 Å². The first-order valence-corrected chi connectivity index (χ1v) is 8.13. The summed E-state index contributed by atoms with van der Waals surface area (Å²) in [5, 5.41) is 5.97. The molecule has 1 amide bonds. The molecule has 2 rings (SSSR count). The van der Waals surface area contributed by atoms with E-state index in [4.69, 9.17) is 4.74 Å². The van der Waals surface area contributed by atoms with Crippen molar-refractivity contribution in [2.45, 2.75) is 32.8 Å². The molecule has 7 heteroatoms. The zero-order chi connectivity index (χ0) is 17.5. The number of methoxy groups -OCH3 is 1. The molecule has 1 aliphatic rings. The van der Waals surface area contributed by atoms with E-state index in [1.807, 2.05) is 0 Å². The van der Waals surface area contributed by atoms with Gasteiger partial charge in [-0.3, -0.25) is 4.79 Å². The second-order valence-corrected chi connectivity index (χ2v) is 6.06. The first kappa shape index (κ1) is 18.4. The summed E-state index contributed by atoms with van der Waals surface area (Å²) in [6.45, 7) is 1.04. The van der Waals surface area contributed by atoms with E-state index in [0.717, 1.165) is 25.9 Å². The topological polar surface area (TPSA) is 59.6 Å². The normalized spacial score (nSPS) is 16.7. The van der Waals surface area contributed by atoms with Crippen molar-refractivity contribution >= 4 is 11.6 Å². The minimum Gasteiger partial charge on any atom is -0.497 e.